The van der Waals surface area contributed by atoms with Gasteiger partial charge in [-0.25, -0.2) is 4.99 Å². The zero-order valence-electron chi connectivity index (χ0n) is 6.57. The van der Waals surface area contributed by atoms with Crippen molar-refractivity contribution in [2.24, 2.45) is 10.7 Å². The van der Waals surface area contributed by atoms with Crippen molar-refractivity contribution in [3.05, 3.63) is 24.2 Å². The molecule has 0 saturated carbocycles. The molecule has 0 radical (unpaired) electrons. The summed E-state index contributed by atoms with van der Waals surface area (Å²) in [5.41, 5.74) is 5.23. The standard InChI is InChI=1S/C7H9N3O2/c1-10-7(9)12-6(8)5-3-2-4-11-5/h2-4,8H,1H3,(H2,9,10). The minimum absolute atomic E-state index is 0.0589. The Kier molecular flexibility index (Phi) is 2.47. The van der Waals surface area contributed by atoms with Crippen LogP contribution < -0.4 is 5.73 Å². The van der Waals surface area contributed by atoms with E-state index in [-0.39, 0.29) is 11.9 Å². The van der Waals surface area contributed by atoms with Crippen LogP contribution >= 0.6 is 0 Å². The first-order valence-corrected chi connectivity index (χ1v) is 3.26. The number of nitrogens with two attached hydrogens (primary N) is 1. The molecule has 12 heavy (non-hydrogen) atoms. The fraction of sp³-hybridized carbons (Fsp3) is 0.143. The first-order chi connectivity index (χ1) is 5.74. The lowest BCUT2D eigenvalue weighted by atomic mass is 10.4. The van der Waals surface area contributed by atoms with Gasteiger partial charge in [0.1, 0.15) is 0 Å². The minimum atomic E-state index is -0.150. The number of furan rings is 1. The van der Waals surface area contributed by atoms with E-state index in [0.717, 1.165) is 0 Å². The van der Waals surface area contributed by atoms with Crippen molar-refractivity contribution in [1.29, 1.82) is 5.41 Å². The van der Waals surface area contributed by atoms with Crippen LogP contribution in [0.5, 0.6) is 0 Å². The van der Waals surface area contributed by atoms with Gasteiger partial charge in [0.05, 0.1) is 6.26 Å². The van der Waals surface area contributed by atoms with Crippen molar-refractivity contribution < 1.29 is 9.15 Å². The Morgan fingerprint density at radius 1 is 1.75 bits per heavy atom. The van der Waals surface area contributed by atoms with Crippen molar-refractivity contribution in [1.82, 2.24) is 0 Å². The summed E-state index contributed by atoms with van der Waals surface area (Å²) >= 11 is 0. The molecule has 0 bridgehead atoms. The Bertz CT molecular complexity index is 290. The predicted octanol–water partition coefficient (Wildman–Crippen LogP) is 0.566. The average Bonchev–Trinajstić information content (AvgIpc) is 2.56. The van der Waals surface area contributed by atoms with Gasteiger partial charge in [0.15, 0.2) is 5.76 Å². The van der Waals surface area contributed by atoms with Gasteiger partial charge in [-0.3, -0.25) is 5.41 Å². The summed E-state index contributed by atoms with van der Waals surface area (Å²) in [6.07, 6.45) is 1.45. The summed E-state index contributed by atoms with van der Waals surface area (Å²) in [7, 11) is 1.48. The molecule has 0 aliphatic carbocycles. The highest BCUT2D eigenvalue weighted by molar-refractivity contribution is 5.96. The van der Waals surface area contributed by atoms with Gasteiger partial charge in [0.2, 0.25) is 0 Å². The minimum Gasteiger partial charge on any atom is -0.459 e. The highest BCUT2D eigenvalue weighted by Crippen LogP contribution is 2.01. The molecule has 0 spiro atoms. The quantitative estimate of drug-likeness (QED) is 0.473. The number of nitrogens with zero attached hydrogens (tertiary/aromatic N) is 1. The second-order valence-corrected chi connectivity index (χ2v) is 1.97. The maximum absolute atomic E-state index is 7.30. The maximum atomic E-state index is 7.30. The fourth-order valence-electron chi connectivity index (χ4n) is 0.608. The Morgan fingerprint density at radius 2 is 2.50 bits per heavy atom. The molecule has 0 unspecified atom stereocenters. The van der Waals surface area contributed by atoms with Crippen LogP contribution in [-0.4, -0.2) is 19.0 Å². The molecule has 1 aromatic rings. The Hall–Kier alpha value is -1.78. The van der Waals surface area contributed by atoms with E-state index in [1.54, 1.807) is 12.1 Å². The predicted molar refractivity (Wildman–Crippen MR) is 44.2 cm³/mol. The molecule has 3 N–H and O–H groups in total. The topological polar surface area (TPSA) is 84.6 Å². The Morgan fingerprint density at radius 3 is 3.00 bits per heavy atom. The van der Waals surface area contributed by atoms with Crippen molar-refractivity contribution in [3.63, 3.8) is 0 Å². The van der Waals surface area contributed by atoms with E-state index in [1.807, 2.05) is 0 Å². The van der Waals surface area contributed by atoms with Gasteiger partial charge in [0, 0.05) is 7.05 Å². The van der Waals surface area contributed by atoms with E-state index in [2.05, 4.69) is 4.99 Å². The molecule has 64 valence electrons. The molecule has 0 saturated heterocycles. The molecule has 0 aliphatic heterocycles. The van der Waals surface area contributed by atoms with E-state index in [1.165, 1.54) is 13.3 Å². The van der Waals surface area contributed by atoms with Gasteiger partial charge in [-0.1, -0.05) is 0 Å². The van der Waals surface area contributed by atoms with E-state index in [9.17, 15) is 0 Å². The normalized spacial score (nSPS) is 11.2. The van der Waals surface area contributed by atoms with Crippen LogP contribution in [0.15, 0.2) is 27.8 Å². The summed E-state index contributed by atoms with van der Waals surface area (Å²) in [4.78, 5) is 3.53. The van der Waals surface area contributed by atoms with Crippen molar-refractivity contribution >= 4 is 11.9 Å². The van der Waals surface area contributed by atoms with E-state index in [0.29, 0.717) is 5.76 Å². The van der Waals surface area contributed by atoms with Crippen LogP contribution in [0, 0.1) is 5.41 Å². The third-order valence-electron chi connectivity index (χ3n) is 1.17. The highest BCUT2D eigenvalue weighted by atomic mass is 16.5. The number of aliphatic imine (C=N–C) groups is 1. The molecular weight excluding hydrogens is 158 g/mol. The number of hydrogen-bond donors (Lipinski definition) is 2. The van der Waals surface area contributed by atoms with Gasteiger partial charge in [-0.2, -0.15) is 0 Å². The Balaban J connectivity index is 2.62. The SMILES string of the molecule is CN=C(N)OC(=N)c1ccco1. The van der Waals surface area contributed by atoms with E-state index >= 15 is 0 Å². The lowest BCUT2D eigenvalue weighted by Gasteiger charge is -2.00. The van der Waals surface area contributed by atoms with Crippen molar-refractivity contribution in [2.45, 2.75) is 0 Å². The molecule has 5 heteroatoms. The number of ether oxygens (including phenoxy) is 1. The Labute approximate surface area is 69.4 Å². The average molecular weight is 167 g/mol. The lowest BCUT2D eigenvalue weighted by Crippen LogP contribution is -2.20. The first-order valence-electron chi connectivity index (χ1n) is 3.26. The molecular formula is C7H9N3O2. The van der Waals surface area contributed by atoms with Gasteiger partial charge in [-0.05, 0) is 12.1 Å². The molecule has 0 atom stereocenters. The van der Waals surface area contributed by atoms with Gasteiger partial charge >= 0.3 is 0 Å². The number of amidine groups is 1. The van der Waals surface area contributed by atoms with Crippen LogP contribution in [0.25, 0.3) is 0 Å². The molecule has 0 aliphatic rings. The summed E-state index contributed by atoms with van der Waals surface area (Å²) in [5, 5.41) is 7.30. The van der Waals surface area contributed by atoms with E-state index in [4.69, 9.17) is 20.3 Å². The largest absolute Gasteiger partial charge is 0.459 e. The number of rotatable bonds is 1. The highest BCUT2D eigenvalue weighted by Gasteiger charge is 2.06. The van der Waals surface area contributed by atoms with Crippen molar-refractivity contribution in [3.8, 4) is 0 Å². The summed E-state index contributed by atoms with van der Waals surface area (Å²) in [5.74, 6) is 0.171. The van der Waals surface area contributed by atoms with E-state index < -0.39 is 0 Å². The lowest BCUT2D eigenvalue weighted by molar-refractivity contribution is 0.483. The fourth-order valence-corrected chi connectivity index (χ4v) is 0.608. The zero-order valence-corrected chi connectivity index (χ0v) is 6.57. The van der Waals surface area contributed by atoms with Gasteiger partial charge in [0.25, 0.3) is 11.9 Å². The molecule has 0 fully saturated rings. The molecule has 0 amide bonds. The smallest absolute Gasteiger partial charge is 0.288 e. The third kappa shape index (κ3) is 1.85. The summed E-state index contributed by atoms with van der Waals surface area (Å²) in [6, 6.07) is 3.20. The molecule has 5 nitrogen and oxygen atoms in total. The number of hydrogen-bond acceptors (Lipinski definition) is 4. The van der Waals surface area contributed by atoms with Gasteiger partial charge in [-0.15, -0.1) is 0 Å². The molecule has 0 aromatic carbocycles. The second-order valence-electron chi connectivity index (χ2n) is 1.97. The van der Waals surface area contributed by atoms with Crippen LogP contribution in [0.4, 0.5) is 0 Å². The molecule has 1 heterocycles. The maximum Gasteiger partial charge on any atom is 0.288 e. The third-order valence-corrected chi connectivity index (χ3v) is 1.17. The molecule has 1 aromatic heterocycles. The van der Waals surface area contributed by atoms with Gasteiger partial charge < -0.3 is 14.9 Å². The second kappa shape index (κ2) is 3.56. The number of nitrogens with one attached hydrogen (secondary N) is 1. The van der Waals surface area contributed by atoms with Crippen LogP contribution in [0.1, 0.15) is 5.76 Å². The zero-order chi connectivity index (χ0) is 8.97. The van der Waals surface area contributed by atoms with Crippen LogP contribution in [-0.2, 0) is 4.74 Å². The van der Waals surface area contributed by atoms with Crippen LogP contribution in [0.3, 0.4) is 0 Å². The summed E-state index contributed by atoms with van der Waals surface area (Å²) < 4.78 is 9.64. The van der Waals surface area contributed by atoms with Crippen LogP contribution in [0.2, 0.25) is 0 Å². The first kappa shape index (κ1) is 8.32. The summed E-state index contributed by atoms with van der Waals surface area (Å²) in [6.45, 7) is 0. The van der Waals surface area contributed by atoms with Crippen molar-refractivity contribution in [2.75, 3.05) is 7.05 Å². The monoisotopic (exact) mass is 167 g/mol. The molecule has 1 rings (SSSR count).